The van der Waals surface area contributed by atoms with Crippen molar-refractivity contribution in [1.82, 2.24) is 0 Å². The first-order valence-electron chi connectivity index (χ1n) is 7.66. The van der Waals surface area contributed by atoms with E-state index in [1.165, 1.54) is 22.3 Å². The van der Waals surface area contributed by atoms with Crippen molar-refractivity contribution >= 4 is 0 Å². The van der Waals surface area contributed by atoms with E-state index >= 15 is 0 Å². The highest BCUT2D eigenvalue weighted by Gasteiger charge is 2.27. The molecule has 0 fully saturated rings. The number of ether oxygens (including phenoxy) is 1. The van der Waals surface area contributed by atoms with Crippen LogP contribution in [0.2, 0.25) is 0 Å². The van der Waals surface area contributed by atoms with E-state index in [4.69, 9.17) is 10.5 Å². The normalized spacial score (nSPS) is 18.3. The van der Waals surface area contributed by atoms with Gasteiger partial charge in [-0.2, -0.15) is 0 Å². The molecule has 1 aliphatic rings. The number of hydrogen-bond acceptors (Lipinski definition) is 2. The van der Waals surface area contributed by atoms with Crippen molar-refractivity contribution in [1.29, 1.82) is 0 Å². The average Bonchev–Trinajstić information content (AvgIpc) is 2.91. The van der Waals surface area contributed by atoms with Crippen molar-refractivity contribution in [2.75, 3.05) is 7.11 Å². The zero-order valence-corrected chi connectivity index (χ0v) is 12.8. The third-order valence-electron chi connectivity index (χ3n) is 4.59. The van der Waals surface area contributed by atoms with Crippen LogP contribution in [-0.2, 0) is 12.8 Å². The monoisotopic (exact) mass is 281 g/mol. The first-order chi connectivity index (χ1) is 10.2. The first-order valence-corrected chi connectivity index (χ1v) is 7.66. The lowest BCUT2D eigenvalue weighted by Gasteiger charge is -2.21. The largest absolute Gasteiger partial charge is 0.496 e. The average molecular weight is 281 g/mol. The predicted molar refractivity (Wildman–Crippen MR) is 86.9 cm³/mol. The second-order valence-electron chi connectivity index (χ2n) is 6.03. The van der Waals surface area contributed by atoms with E-state index in [2.05, 4.69) is 43.3 Å². The number of methoxy groups -OCH3 is 1. The lowest BCUT2D eigenvalue weighted by Crippen LogP contribution is -2.29. The molecule has 2 atom stereocenters. The highest BCUT2D eigenvalue weighted by atomic mass is 16.5. The summed E-state index contributed by atoms with van der Waals surface area (Å²) in [5.74, 6) is 1.41. The van der Waals surface area contributed by atoms with Gasteiger partial charge in [0.05, 0.1) is 7.11 Å². The molecule has 0 aliphatic heterocycles. The molecule has 0 spiro atoms. The molecule has 110 valence electrons. The van der Waals surface area contributed by atoms with Crippen molar-refractivity contribution in [2.24, 2.45) is 5.73 Å². The van der Waals surface area contributed by atoms with Crippen LogP contribution in [0.4, 0.5) is 0 Å². The minimum atomic E-state index is 0.143. The number of nitrogens with two attached hydrogens (primary N) is 1. The molecule has 2 aromatic carbocycles. The maximum Gasteiger partial charge on any atom is 0.122 e. The molecule has 0 saturated heterocycles. The highest BCUT2D eigenvalue weighted by molar-refractivity contribution is 5.40. The molecule has 2 aromatic rings. The molecule has 0 amide bonds. The van der Waals surface area contributed by atoms with Gasteiger partial charge in [0.2, 0.25) is 0 Å². The molecule has 2 heteroatoms. The van der Waals surface area contributed by atoms with Gasteiger partial charge in [-0.15, -0.1) is 0 Å². The Labute approximate surface area is 126 Å². The Morgan fingerprint density at radius 1 is 1.24 bits per heavy atom. The summed E-state index contributed by atoms with van der Waals surface area (Å²) >= 11 is 0. The van der Waals surface area contributed by atoms with Gasteiger partial charge in [0.25, 0.3) is 0 Å². The standard InChI is InChI=1S/C19H23NO/c1-13-7-10-19(21-2)15(11-13)12-18(20)17-9-8-14-5-3-4-6-16(14)17/h3-7,10-11,17-18H,8-9,12,20H2,1-2H3. The first kappa shape index (κ1) is 14.2. The fourth-order valence-corrected chi connectivity index (χ4v) is 3.50. The number of aryl methyl sites for hydroxylation is 2. The molecule has 0 heterocycles. The van der Waals surface area contributed by atoms with Gasteiger partial charge >= 0.3 is 0 Å². The Bertz CT molecular complexity index is 635. The van der Waals surface area contributed by atoms with E-state index in [9.17, 15) is 0 Å². The van der Waals surface area contributed by atoms with E-state index < -0.39 is 0 Å². The summed E-state index contributed by atoms with van der Waals surface area (Å²) < 4.78 is 5.48. The van der Waals surface area contributed by atoms with Crippen LogP contribution in [0.3, 0.4) is 0 Å². The Balaban J connectivity index is 1.82. The molecule has 2 unspecified atom stereocenters. The van der Waals surface area contributed by atoms with Gasteiger partial charge in [-0.1, -0.05) is 42.0 Å². The summed E-state index contributed by atoms with van der Waals surface area (Å²) in [7, 11) is 1.73. The van der Waals surface area contributed by atoms with Crippen molar-refractivity contribution in [3.05, 3.63) is 64.7 Å². The molecular formula is C19H23NO. The van der Waals surface area contributed by atoms with Gasteiger partial charge in [-0.05, 0) is 54.9 Å². The molecule has 2 N–H and O–H groups in total. The molecule has 0 bridgehead atoms. The molecule has 0 saturated carbocycles. The van der Waals surface area contributed by atoms with Gasteiger partial charge in [-0.25, -0.2) is 0 Å². The van der Waals surface area contributed by atoms with Crippen LogP contribution in [-0.4, -0.2) is 13.2 Å². The number of fused-ring (bicyclic) bond motifs is 1. The SMILES string of the molecule is COc1ccc(C)cc1CC(N)C1CCc2ccccc21. The van der Waals surface area contributed by atoms with E-state index in [1.54, 1.807) is 7.11 Å². The van der Waals surface area contributed by atoms with Crippen LogP contribution in [0.25, 0.3) is 0 Å². The zero-order valence-electron chi connectivity index (χ0n) is 12.8. The summed E-state index contributed by atoms with van der Waals surface area (Å²) in [6.07, 6.45) is 3.18. The minimum Gasteiger partial charge on any atom is -0.496 e. The van der Waals surface area contributed by atoms with Crippen molar-refractivity contribution in [3.8, 4) is 5.75 Å². The van der Waals surface area contributed by atoms with E-state index in [0.29, 0.717) is 5.92 Å². The van der Waals surface area contributed by atoms with Crippen molar-refractivity contribution < 1.29 is 4.74 Å². The predicted octanol–water partition coefficient (Wildman–Crippen LogP) is 3.60. The molecule has 0 aromatic heterocycles. The summed E-state index contributed by atoms with van der Waals surface area (Å²) in [4.78, 5) is 0. The van der Waals surface area contributed by atoms with E-state index in [0.717, 1.165) is 25.0 Å². The Kier molecular flexibility index (Phi) is 3.98. The third-order valence-corrected chi connectivity index (χ3v) is 4.59. The fourth-order valence-electron chi connectivity index (χ4n) is 3.50. The highest BCUT2D eigenvalue weighted by Crippen LogP contribution is 2.36. The lowest BCUT2D eigenvalue weighted by atomic mass is 9.89. The molecule has 2 nitrogen and oxygen atoms in total. The summed E-state index contributed by atoms with van der Waals surface area (Å²) in [5.41, 5.74) is 11.9. The minimum absolute atomic E-state index is 0.143. The lowest BCUT2D eigenvalue weighted by molar-refractivity contribution is 0.405. The molecule has 3 rings (SSSR count). The van der Waals surface area contributed by atoms with Crippen molar-refractivity contribution in [2.45, 2.75) is 38.1 Å². The van der Waals surface area contributed by atoms with Crippen LogP contribution < -0.4 is 10.5 Å². The number of hydrogen-bond donors (Lipinski definition) is 1. The second-order valence-corrected chi connectivity index (χ2v) is 6.03. The van der Waals surface area contributed by atoms with Crippen LogP contribution >= 0.6 is 0 Å². The second kappa shape index (κ2) is 5.90. The molecule has 1 aliphatic carbocycles. The zero-order chi connectivity index (χ0) is 14.8. The summed E-state index contributed by atoms with van der Waals surface area (Å²) in [6.45, 7) is 2.11. The molecular weight excluding hydrogens is 258 g/mol. The maximum atomic E-state index is 6.54. The van der Waals surface area contributed by atoms with Crippen molar-refractivity contribution in [3.63, 3.8) is 0 Å². The van der Waals surface area contributed by atoms with E-state index in [1.807, 2.05) is 6.07 Å². The van der Waals surface area contributed by atoms with Gasteiger partial charge in [0.15, 0.2) is 0 Å². The maximum absolute atomic E-state index is 6.54. The van der Waals surface area contributed by atoms with Gasteiger partial charge in [-0.3, -0.25) is 0 Å². The van der Waals surface area contributed by atoms with Gasteiger partial charge in [0, 0.05) is 6.04 Å². The van der Waals surface area contributed by atoms with Crippen LogP contribution in [0.1, 0.15) is 34.6 Å². The quantitative estimate of drug-likeness (QED) is 0.929. The van der Waals surface area contributed by atoms with Crippen LogP contribution in [0.15, 0.2) is 42.5 Å². The Morgan fingerprint density at radius 3 is 2.86 bits per heavy atom. The van der Waals surface area contributed by atoms with Crippen LogP contribution in [0, 0.1) is 6.92 Å². The fraction of sp³-hybridized carbons (Fsp3) is 0.368. The smallest absolute Gasteiger partial charge is 0.122 e. The number of benzene rings is 2. The molecule has 21 heavy (non-hydrogen) atoms. The molecule has 0 radical (unpaired) electrons. The summed E-state index contributed by atoms with van der Waals surface area (Å²) in [6, 6.07) is 15.2. The van der Waals surface area contributed by atoms with Gasteiger partial charge in [0.1, 0.15) is 5.75 Å². The van der Waals surface area contributed by atoms with E-state index in [-0.39, 0.29) is 6.04 Å². The Hall–Kier alpha value is -1.80. The number of rotatable bonds is 4. The topological polar surface area (TPSA) is 35.2 Å². The summed E-state index contributed by atoms with van der Waals surface area (Å²) in [5, 5.41) is 0. The Morgan fingerprint density at radius 2 is 2.05 bits per heavy atom. The third kappa shape index (κ3) is 2.81. The van der Waals surface area contributed by atoms with Crippen LogP contribution in [0.5, 0.6) is 5.75 Å². The van der Waals surface area contributed by atoms with Gasteiger partial charge < -0.3 is 10.5 Å².